The summed E-state index contributed by atoms with van der Waals surface area (Å²) in [6.45, 7) is 5.63. The summed E-state index contributed by atoms with van der Waals surface area (Å²) in [6, 6.07) is 13.8. The number of piperazine rings is 1. The number of nitrogens with zero attached hydrogens (tertiary/aromatic N) is 3. The van der Waals surface area contributed by atoms with Crippen molar-refractivity contribution in [1.82, 2.24) is 0 Å². The van der Waals surface area contributed by atoms with Gasteiger partial charge in [0, 0.05) is 42.6 Å². The molecule has 0 spiro atoms. The molecule has 0 bridgehead atoms. The van der Waals surface area contributed by atoms with E-state index in [9.17, 15) is 5.26 Å². The van der Waals surface area contributed by atoms with Crippen molar-refractivity contribution in [2.45, 2.75) is 6.92 Å². The molecule has 23 heavy (non-hydrogen) atoms. The van der Waals surface area contributed by atoms with Gasteiger partial charge in [-0.15, -0.1) is 0 Å². The number of hydrogen-bond acceptors (Lipinski definition) is 4. The van der Waals surface area contributed by atoms with Crippen molar-refractivity contribution in [2.24, 2.45) is 0 Å². The van der Waals surface area contributed by atoms with Gasteiger partial charge in [-0.25, -0.2) is 0 Å². The average molecular weight is 327 g/mol. The first-order valence-electron chi connectivity index (χ1n) is 7.64. The smallest absolute Gasteiger partial charge is 0.101 e. The Balaban J connectivity index is 1.76. The number of anilines is 3. The maximum atomic E-state index is 9.31. The van der Waals surface area contributed by atoms with Crippen LogP contribution in [0, 0.1) is 18.3 Å². The monoisotopic (exact) mass is 326 g/mol. The Labute approximate surface area is 141 Å². The quantitative estimate of drug-likeness (QED) is 0.859. The second kappa shape index (κ2) is 6.39. The summed E-state index contributed by atoms with van der Waals surface area (Å²) in [5.41, 5.74) is 10.4. The predicted octanol–water partition coefficient (Wildman–Crippen LogP) is 3.43. The van der Waals surface area contributed by atoms with Gasteiger partial charge in [0.2, 0.25) is 0 Å². The minimum absolute atomic E-state index is 0.624. The standard InChI is InChI=1S/C18H19ClN4/c1-13-2-3-15(19)11-18(13)23-8-6-22(7-9-23)17-5-4-16(21)10-14(17)12-20/h2-5,10-11H,6-9,21H2,1H3. The first kappa shape index (κ1) is 15.5. The van der Waals surface area contributed by atoms with E-state index in [4.69, 9.17) is 17.3 Å². The van der Waals surface area contributed by atoms with Crippen molar-refractivity contribution < 1.29 is 0 Å². The summed E-state index contributed by atoms with van der Waals surface area (Å²) in [6.07, 6.45) is 0. The number of hydrogen-bond donors (Lipinski definition) is 1. The number of nitrogens with two attached hydrogens (primary N) is 1. The number of nitrogen functional groups attached to an aromatic ring is 1. The predicted molar refractivity (Wildman–Crippen MR) is 96.2 cm³/mol. The fourth-order valence-corrected chi connectivity index (χ4v) is 3.20. The fourth-order valence-electron chi connectivity index (χ4n) is 3.03. The van der Waals surface area contributed by atoms with Crippen LogP contribution in [0.3, 0.4) is 0 Å². The number of benzene rings is 2. The van der Waals surface area contributed by atoms with Crippen LogP contribution in [0.15, 0.2) is 36.4 Å². The van der Waals surface area contributed by atoms with Crippen LogP contribution in [0.4, 0.5) is 17.1 Å². The third-order valence-corrected chi connectivity index (χ3v) is 4.51. The lowest BCUT2D eigenvalue weighted by molar-refractivity contribution is 0.652. The van der Waals surface area contributed by atoms with Crippen LogP contribution in [0.2, 0.25) is 5.02 Å². The van der Waals surface area contributed by atoms with Crippen LogP contribution >= 0.6 is 11.6 Å². The normalized spacial score (nSPS) is 14.7. The minimum atomic E-state index is 0.624. The molecule has 0 unspecified atom stereocenters. The van der Waals surface area contributed by atoms with Gasteiger partial charge in [0.1, 0.15) is 6.07 Å². The molecule has 1 aliphatic heterocycles. The molecule has 2 N–H and O–H groups in total. The highest BCUT2D eigenvalue weighted by atomic mass is 35.5. The van der Waals surface area contributed by atoms with Crippen molar-refractivity contribution in [3.63, 3.8) is 0 Å². The highest BCUT2D eigenvalue weighted by molar-refractivity contribution is 6.30. The summed E-state index contributed by atoms with van der Waals surface area (Å²) in [4.78, 5) is 4.59. The Morgan fingerprint density at radius 3 is 2.30 bits per heavy atom. The first-order chi connectivity index (χ1) is 11.1. The van der Waals surface area contributed by atoms with E-state index in [0.29, 0.717) is 11.3 Å². The molecule has 1 aliphatic rings. The molecule has 0 amide bonds. The first-order valence-corrected chi connectivity index (χ1v) is 8.02. The molecule has 0 aromatic heterocycles. The van der Waals surface area contributed by atoms with E-state index in [0.717, 1.165) is 36.9 Å². The molecule has 2 aromatic rings. The Hall–Kier alpha value is -2.38. The zero-order valence-electron chi connectivity index (χ0n) is 13.1. The van der Waals surface area contributed by atoms with Crippen molar-refractivity contribution in [3.8, 4) is 6.07 Å². The Morgan fingerprint density at radius 2 is 1.65 bits per heavy atom. The minimum Gasteiger partial charge on any atom is -0.399 e. The number of rotatable bonds is 2. The van der Waals surface area contributed by atoms with Crippen LogP contribution in [0.25, 0.3) is 0 Å². The van der Waals surface area contributed by atoms with Gasteiger partial charge in [-0.05, 0) is 42.8 Å². The highest BCUT2D eigenvalue weighted by Crippen LogP contribution is 2.28. The Morgan fingerprint density at radius 1 is 1.00 bits per heavy atom. The Kier molecular flexibility index (Phi) is 4.31. The van der Waals surface area contributed by atoms with E-state index in [-0.39, 0.29) is 0 Å². The molecular weight excluding hydrogens is 308 g/mol. The Bertz CT molecular complexity index is 758. The summed E-state index contributed by atoms with van der Waals surface area (Å²) in [7, 11) is 0. The van der Waals surface area contributed by atoms with Crippen molar-refractivity contribution >= 4 is 28.7 Å². The van der Waals surface area contributed by atoms with Crippen LogP contribution in [-0.2, 0) is 0 Å². The van der Waals surface area contributed by atoms with Crippen molar-refractivity contribution in [1.29, 1.82) is 5.26 Å². The van der Waals surface area contributed by atoms with Crippen LogP contribution in [0.5, 0.6) is 0 Å². The molecule has 0 atom stereocenters. The second-order valence-electron chi connectivity index (χ2n) is 5.79. The summed E-state index contributed by atoms with van der Waals surface area (Å²) < 4.78 is 0. The van der Waals surface area contributed by atoms with Gasteiger partial charge < -0.3 is 15.5 Å². The van der Waals surface area contributed by atoms with E-state index < -0.39 is 0 Å². The highest BCUT2D eigenvalue weighted by Gasteiger charge is 2.20. The van der Waals surface area contributed by atoms with E-state index >= 15 is 0 Å². The van der Waals surface area contributed by atoms with Gasteiger partial charge >= 0.3 is 0 Å². The van der Waals surface area contributed by atoms with Crippen molar-refractivity contribution in [2.75, 3.05) is 41.7 Å². The molecule has 4 nitrogen and oxygen atoms in total. The van der Waals surface area contributed by atoms with E-state index in [1.54, 1.807) is 6.07 Å². The third-order valence-electron chi connectivity index (χ3n) is 4.27. The number of nitriles is 1. The van der Waals surface area contributed by atoms with Crippen LogP contribution < -0.4 is 15.5 Å². The van der Waals surface area contributed by atoms with E-state index in [2.05, 4.69) is 28.9 Å². The maximum Gasteiger partial charge on any atom is 0.101 e. The fraction of sp³-hybridized carbons (Fsp3) is 0.278. The van der Waals surface area contributed by atoms with Gasteiger partial charge in [0.15, 0.2) is 0 Å². The van der Waals surface area contributed by atoms with Gasteiger partial charge in [0.05, 0.1) is 11.3 Å². The number of aryl methyl sites for hydroxylation is 1. The van der Waals surface area contributed by atoms with Gasteiger partial charge in [-0.1, -0.05) is 17.7 Å². The SMILES string of the molecule is Cc1ccc(Cl)cc1N1CCN(c2ccc(N)cc2C#N)CC1. The maximum absolute atomic E-state index is 9.31. The molecule has 1 saturated heterocycles. The average Bonchev–Trinajstić information content (AvgIpc) is 2.57. The van der Waals surface area contributed by atoms with Crippen LogP contribution in [-0.4, -0.2) is 26.2 Å². The molecule has 2 aromatic carbocycles. The van der Waals surface area contributed by atoms with Gasteiger partial charge in [-0.3, -0.25) is 0 Å². The zero-order valence-corrected chi connectivity index (χ0v) is 13.8. The lowest BCUT2D eigenvalue weighted by Gasteiger charge is -2.38. The molecular formula is C18H19ClN4. The van der Waals surface area contributed by atoms with Gasteiger partial charge in [-0.2, -0.15) is 5.26 Å². The molecule has 0 radical (unpaired) electrons. The summed E-state index contributed by atoms with van der Waals surface area (Å²) in [5, 5.41) is 10.1. The lowest BCUT2D eigenvalue weighted by atomic mass is 10.1. The summed E-state index contributed by atoms with van der Waals surface area (Å²) in [5.74, 6) is 0. The molecule has 5 heteroatoms. The van der Waals surface area contributed by atoms with Gasteiger partial charge in [0.25, 0.3) is 0 Å². The topological polar surface area (TPSA) is 56.3 Å². The van der Waals surface area contributed by atoms with E-state index in [1.165, 1.54) is 11.3 Å². The number of halogens is 1. The molecule has 1 fully saturated rings. The zero-order chi connectivity index (χ0) is 16.4. The van der Waals surface area contributed by atoms with Crippen LogP contribution in [0.1, 0.15) is 11.1 Å². The molecule has 0 aliphatic carbocycles. The summed E-state index contributed by atoms with van der Waals surface area (Å²) >= 11 is 6.13. The van der Waals surface area contributed by atoms with Crippen molar-refractivity contribution in [3.05, 3.63) is 52.5 Å². The molecule has 118 valence electrons. The van der Waals surface area contributed by atoms with E-state index in [1.807, 2.05) is 24.3 Å². The molecule has 1 heterocycles. The molecule has 3 rings (SSSR count). The second-order valence-corrected chi connectivity index (χ2v) is 6.23. The largest absolute Gasteiger partial charge is 0.399 e. The lowest BCUT2D eigenvalue weighted by Crippen LogP contribution is -2.47. The third kappa shape index (κ3) is 3.20. The molecule has 0 saturated carbocycles.